The van der Waals surface area contributed by atoms with Crippen LogP contribution in [0.5, 0.6) is 0 Å². The second-order valence-corrected chi connectivity index (χ2v) is 8.24. The van der Waals surface area contributed by atoms with Crippen molar-refractivity contribution in [1.82, 2.24) is 15.0 Å². The van der Waals surface area contributed by atoms with Crippen molar-refractivity contribution in [3.05, 3.63) is 42.0 Å². The number of hydrogen-bond donors (Lipinski definition) is 0. The number of rotatable bonds is 1. The summed E-state index contributed by atoms with van der Waals surface area (Å²) < 4.78 is -3.38. The van der Waals surface area contributed by atoms with E-state index in [1.807, 2.05) is 0 Å². The second-order valence-electron chi connectivity index (χ2n) is 3.67. The van der Waals surface area contributed by atoms with E-state index >= 15 is 0 Å². The first-order valence-corrected chi connectivity index (χ1v) is 7.39. The molecule has 0 aliphatic rings. The molecule has 0 saturated heterocycles. The van der Waals surface area contributed by atoms with Gasteiger partial charge in [-0.05, 0) is 0 Å². The zero-order valence-corrected chi connectivity index (χ0v) is 14.0. The lowest BCUT2D eigenvalue weighted by Gasteiger charge is -2.16. The Morgan fingerprint density at radius 2 is 1.45 bits per heavy atom. The fourth-order valence-corrected chi connectivity index (χ4v) is 2.26. The maximum absolute atomic E-state index is 5.92. The van der Waals surface area contributed by atoms with Crippen molar-refractivity contribution in [1.29, 1.82) is 0 Å². The fourth-order valence-electron chi connectivity index (χ4n) is 1.49. The van der Waals surface area contributed by atoms with Crippen LogP contribution in [0.3, 0.4) is 0 Å². The first-order chi connectivity index (χ1) is 9.19. The highest BCUT2D eigenvalue weighted by atomic mass is 35.6. The van der Waals surface area contributed by atoms with Crippen molar-refractivity contribution in [3.63, 3.8) is 0 Å². The highest BCUT2D eigenvalue weighted by Crippen LogP contribution is 2.43. The molecular weight excluding hydrogens is 387 g/mol. The van der Waals surface area contributed by atoms with Crippen molar-refractivity contribution in [3.8, 4) is 11.4 Å². The van der Waals surface area contributed by atoms with Gasteiger partial charge in [-0.3, -0.25) is 0 Å². The third-order valence-corrected chi connectivity index (χ3v) is 3.42. The predicted octanol–water partition coefficient (Wildman–Crippen LogP) is 5.19. The molecule has 1 heterocycles. The van der Waals surface area contributed by atoms with Gasteiger partial charge in [-0.1, -0.05) is 93.9 Å². The molecule has 2 rings (SSSR count). The molecule has 2 aromatic rings. The Labute approximate surface area is 145 Å². The van der Waals surface area contributed by atoms with Crippen LogP contribution in [-0.2, 0) is 7.59 Å². The van der Waals surface area contributed by atoms with E-state index in [2.05, 4.69) is 15.0 Å². The Morgan fingerprint density at radius 3 is 2.05 bits per heavy atom. The van der Waals surface area contributed by atoms with Crippen LogP contribution in [0, 0.1) is 0 Å². The van der Waals surface area contributed by atoms with Gasteiger partial charge in [0.1, 0.15) is 6.33 Å². The van der Waals surface area contributed by atoms with Crippen LogP contribution >= 0.6 is 69.6 Å². The molecule has 0 radical (unpaired) electrons. The van der Waals surface area contributed by atoms with Crippen LogP contribution in [0.1, 0.15) is 11.4 Å². The van der Waals surface area contributed by atoms with Crippen molar-refractivity contribution in [2.24, 2.45) is 0 Å². The number of aromatic nitrogens is 3. The molecule has 0 atom stereocenters. The summed E-state index contributed by atoms with van der Waals surface area (Å²) in [5, 5.41) is 0. The summed E-state index contributed by atoms with van der Waals surface area (Å²) in [6, 6.07) is 6.85. The van der Waals surface area contributed by atoms with Gasteiger partial charge in [0, 0.05) is 11.1 Å². The van der Waals surface area contributed by atoms with Crippen molar-refractivity contribution < 1.29 is 0 Å². The number of nitrogens with zero attached hydrogens (tertiary/aromatic N) is 3. The van der Waals surface area contributed by atoms with Crippen LogP contribution in [-0.4, -0.2) is 15.0 Å². The monoisotopic (exact) mass is 389 g/mol. The minimum Gasteiger partial charge on any atom is -0.217 e. The lowest BCUT2D eigenvalue weighted by Crippen LogP contribution is -2.10. The molecule has 0 fully saturated rings. The van der Waals surface area contributed by atoms with Crippen molar-refractivity contribution in [2.75, 3.05) is 0 Å². The maximum Gasteiger partial charge on any atom is 0.250 e. The molecule has 0 N–H and O–H groups in total. The minimum atomic E-state index is -1.76. The van der Waals surface area contributed by atoms with E-state index in [0.29, 0.717) is 11.1 Å². The van der Waals surface area contributed by atoms with Gasteiger partial charge >= 0.3 is 0 Å². The molecular formula is C11H5Cl6N3. The van der Waals surface area contributed by atoms with Crippen molar-refractivity contribution in [2.45, 2.75) is 7.59 Å². The molecule has 1 aromatic carbocycles. The molecule has 0 aliphatic carbocycles. The lowest BCUT2D eigenvalue weighted by molar-refractivity contribution is 0.922. The molecule has 0 amide bonds. The third-order valence-electron chi connectivity index (χ3n) is 2.30. The predicted molar refractivity (Wildman–Crippen MR) is 83.7 cm³/mol. The Morgan fingerprint density at radius 1 is 0.800 bits per heavy atom. The van der Waals surface area contributed by atoms with Crippen LogP contribution in [0.2, 0.25) is 0 Å². The van der Waals surface area contributed by atoms with Gasteiger partial charge in [-0.15, -0.1) is 0 Å². The lowest BCUT2D eigenvalue weighted by atomic mass is 10.1. The van der Waals surface area contributed by atoms with E-state index < -0.39 is 7.59 Å². The minimum absolute atomic E-state index is 0.00776. The quantitative estimate of drug-likeness (QED) is 0.628. The van der Waals surface area contributed by atoms with E-state index in [1.54, 1.807) is 24.3 Å². The fraction of sp³-hybridized carbons (Fsp3) is 0.182. The molecule has 1 aromatic heterocycles. The normalized spacial score (nSPS) is 12.5. The molecule has 0 saturated carbocycles. The standard InChI is InChI=1S/C11H5Cl6N3/c12-10(13,14)7-4-2-1-3-6(7)8-18-5-19-9(20-8)11(15,16)17/h1-5H. The first kappa shape index (κ1) is 16.3. The van der Waals surface area contributed by atoms with E-state index in [4.69, 9.17) is 69.6 Å². The van der Waals surface area contributed by atoms with Crippen LogP contribution in [0.15, 0.2) is 30.6 Å². The molecule has 20 heavy (non-hydrogen) atoms. The van der Waals surface area contributed by atoms with Gasteiger partial charge in [0.25, 0.3) is 0 Å². The number of alkyl halides is 6. The largest absolute Gasteiger partial charge is 0.250 e. The Bertz CT molecular complexity index is 620. The van der Waals surface area contributed by atoms with Crippen LogP contribution in [0.4, 0.5) is 0 Å². The molecule has 106 valence electrons. The van der Waals surface area contributed by atoms with Gasteiger partial charge in [0.2, 0.25) is 7.59 Å². The molecule has 0 spiro atoms. The van der Waals surface area contributed by atoms with Gasteiger partial charge in [0.05, 0.1) is 0 Å². The third kappa shape index (κ3) is 3.79. The summed E-state index contributed by atoms with van der Waals surface area (Å²) in [4.78, 5) is 11.9. The smallest absolute Gasteiger partial charge is 0.217 e. The van der Waals surface area contributed by atoms with Crippen LogP contribution < -0.4 is 0 Å². The summed E-state index contributed by atoms with van der Waals surface area (Å²) in [6.45, 7) is 0. The summed E-state index contributed by atoms with van der Waals surface area (Å²) in [7, 11) is 0. The molecule has 0 unspecified atom stereocenters. The number of benzene rings is 1. The Hall–Kier alpha value is -0.0300. The van der Waals surface area contributed by atoms with Crippen LogP contribution in [0.25, 0.3) is 11.4 Å². The van der Waals surface area contributed by atoms with E-state index in [0.717, 1.165) is 0 Å². The highest BCUT2D eigenvalue weighted by molar-refractivity contribution is 6.67. The second kappa shape index (κ2) is 5.99. The summed E-state index contributed by atoms with van der Waals surface area (Å²) in [5.41, 5.74) is 0.942. The zero-order valence-electron chi connectivity index (χ0n) is 9.50. The van der Waals surface area contributed by atoms with E-state index in [-0.39, 0.29) is 11.6 Å². The average molecular weight is 392 g/mol. The Kier molecular flexibility index (Phi) is 4.90. The maximum atomic E-state index is 5.92. The zero-order chi connectivity index (χ0) is 15.0. The Balaban J connectivity index is 2.59. The average Bonchev–Trinajstić information content (AvgIpc) is 2.37. The first-order valence-electron chi connectivity index (χ1n) is 5.12. The number of hydrogen-bond acceptors (Lipinski definition) is 3. The van der Waals surface area contributed by atoms with Gasteiger partial charge in [-0.2, -0.15) is 0 Å². The molecule has 0 aliphatic heterocycles. The summed E-state index contributed by atoms with van der Waals surface area (Å²) in [5.74, 6) is 0.245. The number of halogens is 6. The topological polar surface area (TPSA) is 38.7 Å². The van der Waals surface area contributed by atoms with E-state index in [1.165, 1.54) is 6.33 Å². The van der Waals surface area contributed by atoms with Gasteiger partial charge in [-0.25, -0.2) is 15.0 Å². The summed E-state index contributed by atoms with van der Waals surface area (Å²) in [6.07, 6.45) is 1.23. The SMILES string of the molecule is ClC(Cl)(Cl)c1ncnc(-c2ccccc2C(Cl)(Cl)Cl)n1. The molecule has 0 bridgehead atoms. The summed E-state index contributed by atoms with van der Waals surface area (Å²) >= 11 is 35.0. The van der Waals surface area contributed by atoms with Gasteiger partial charge in [0.15, 0.2) is 11.6 Å². The van der Waals surface area contributed by atoms with Crippen molar-refractivity contribution >= 4 is 69.6 Å². The molecule has 9 heteroatoms. The van der Waals surface area contributed by atoms with E-state index in [9.17, 15) is 0 Å². The highest BCUT2D eigenvalue weighted by Gasteiger charge is 2.30. The van der Waals surface area contributed by atoms with Gasteiger partial charge < -0.3 is 0 Å². The molecule has 3 nitrogen and oxygen atoms in total.